The second-order valence-electron chi connectivity index (χ2n) is 7.06. The fraction of sp³-hybridized carbons (Fsp3) is 0.238. The van der Waals surface area contributed by atoms with Gasteiger partial charge in [0.05, 0.1) is 18.1 Å². The Hall–Kier alpha value is -3.24. The number of rotatable bonds is 6. The van der Waals surface area contributed by atoms with E-state index in [0.29, 0.717) is 30.5 Å². The normalized spacial score (nSPS) is 14.3. The van der Waals surface area contributed by atoms with Crippen LogP contribution >= 0.6 is 0 Å². The Kier molecular flexibility index (Phi) is 6.01. The van der Waals surface area contributed by atoms with E-state index in [1.54, 1.807) is 24.3 Å². The molecule has 0 bridgehead atoms. The number of sulfonamides is 1. The van der Waals surface area contributed by atoms with Crippen LogP contribution in [0.15, 0.2) is 59.5 Å². The van der Waals surface area contributed by atoms with E-state index < -0.39 is 15.8 Å². The zero-order valence-corrected chi connectivity index (χ0v) is 17.7. The molecule has 0 atom stereocenters. The molecule has 1 aliphatic rings. The summed E-state index contributed by atoms with van der Waals surface area (Å²) >= 11 is 0. The lowest BCUT2D eigenvalue weighted by atomic mass is 10.3. The highest BCUT2D eigenvalue weighted by atomic mass is 32.2. The van der Waals surface area contributed by atoms with E-state index in [1.807, 2.05) is 13.0 Å². The van der Waals surface area contributed by atoms with Gasteiger partial charge in [-0.15, -0.1) is 0 Å². The SMILES string of the molecule is Cc1cc(N2CCOCC2)nc(Nc2ccc(NS(=O)(=O)c3cccc(F)c3)cc2)n1. The van der Waals surface area contributed by atoms with Crippen molar-refractivity contribution in [3.05, 3.63) is 66.1 Å². The lowest BCUT2D eigenvalue weighted by molar-refractivity contribution is 0.122. The van der Waals surface area contributed by atoms with Crippen molar-refractivity contribution in [1.29, 1.82) is 0 Å². The number of ether oxygens (including phenoxy) is 1. The van der Waals surface area contributed by atoms with Crippen LogP contribution in [0.4, 0.5) is 27.5 Å². The standard InChI is InChI=1S/C21H22FN5O3S/c1-15-13-20(27-9-11-30-12-10-27)25-21(23-15)24-17-5-7-18(8-6-17)26-31(28,29)19-4-2-3-16(22)14-19/h2-8,13-14,26H,9-12H2,1H3,(H,23,24,25). The Balaban J connectivity index is 1.47. The zero-order valence-electron chi connectivity index (χ0n) is 16.9. The molecule has 0 saturated carbocycles. The average Bonchev–Trinajstić information content (AvgIpc) is 2.75. The number of hydrogen-bond donors (Lipinski definition) is 2. The molecular weight excluding hydrogens is 421 g/mol. The number of anilines is 4. The van der Waals surface area contributed by atoms with Crippen LogP contribution in [0.1, 0.15) is 5.69 Å². The van der Waals surface area contributed by atoms with Gasteiger partial charge in [-0.3, -0.25) is 4.72 Å². The van der Waals surface area contributed by atoms with Gasteiger partial charge < -0.3 is 15.0 Å². The van der Waals surface area contributed by atoms with Crippen molar-refractivity contribution in [2.75, 3.05) is 41.2 Å². The van der Waals surface area contributed by atoms with Crippen molar-refractivity contribution in [2.24, 2.45) is 0 Å². The van der Waals surface area contributed by atoms with E-state index in [-0.39, 0.29) is 4.90 Å². The maximum absolute atomic E-state index is 13.4. The molecule has 2 N–H and O–H groups in total. The Bertz CT molecular complexity index is 1170. The maximum Gasteiger partial charge on any atom is 0.261 e. The largest absolute Gasteiger partial charge is 0.378 e. The molecule has 31 heavy (non-hydrogen) atoms. The van der Waals surface area contributed by atoms with Crippen molar-refractivity contribution in [3.8, 4) is 0 Å². The molecule has 162 valence electrons. The molecule has 2 aromatic carbocycles. The molecule has 1 aromatic heterocycles. The van der Waals surface area contributed by atoms with E-state index in [4.69, 9.17) is 4.74 Å². The lowest BCUT2D eigenvalue weighted by Gasteiger charge is -2.28. The quantitative estimate of drug-likeness (QED) is 0.603. The van der Waals surface area contributed by atoms with Crippen molar-refractivity contribution >= 4 is 33.2 Å². The van der Waals surface area contributed by atoms with Crippen LogP contribution in [0.5, 0.6) is 0 Å². The summed E-state index contributed by atoms with van der Waals surface area (Å²) < 4.78 is 46.0. The molecule has 8 nitrogen and oxygen atoms in total. The van der Waals surface area contributed by atoms with Crippen molar-refractivity contribution in [1.82, 2.24) is 9.97 Å². The summed E-state index contributed by atoms with van der Waals surface area (Å²) in [6.07, 6.45) is 0. The Morgan fingerprint density at radius 3 is 2.42 bits per heavy atom. The van der Waals surface area contributed by atoms with Crippen molar-refractivity contribution in [3.63, 3.8) is 0 Å². The van der Waals surface area contributed by atoms with E-state index >= 15 is 0 Å². The molecule has 0 amide bonds. The van der Waals surface area contributed by atoms with E-state index in [1.165, 1.54) is 18.2 Å². The Labute approximate surface area is 180 Å². The summed E-state index contributed by atoms with van der Waals surface area (Å²) in [6, 6.07) is 13.4. The minimum atomic E-state index is -3.88. The van der Waals surface area contributed by atoms with Gasteiger partial charge in [-0.05, 0) is 49.4 Å². The van der Waals surface area contributed by atoms with Crippen LogP contribution in [0.3, 0.4) is 0 Å². The highest BCUT2D eigenvalue weighted by Crippen LogP contribution is 2.22. The Morgan fingerprint density at radius 1 is 1.00 bits per heavy atom. The molecule has 2 heterocycles. The number of nitrogens with one attached hydrogen (secondary N) is 2. The van der Waals surface area contributed by atoms with Crippen LogP contribution in [0.25, 0.3) is 0 Å². The summed E-state index contributed by atoms with van der Waals surface area (Å²) in [5.74, 6) is 0.671. The van der Waals surface area contributed by atoms with Gasteiger partial charge in [0.15, 0.2) is 0 Å². The Morgan fingerprint density at radius 2 is 1.71 bits per heavy atom. The molecule has 1 saturated heterocycles. The number of nitrogens with zero attached hydrogens (tertiary/aromatic N) is 3. The summed E-state index contributed by atoms with van der Waals surface area (Å²) in [4.78, 5) is 11.0. The lowest BCUT2D eigenvalue weighted by Crippen LogP contribution is -2.36. The summed E-state index contributed by atoms with van der Waals surface area (Å²) in [7, 11) is -3.88. The predicted octanol–water partition coefficient (Wildman–Crippen LogP) is 3.31. The van der Waals surface area contributed by atoms with Gasteiger partial charge in [0.1, 0.15) is 11.6 Å². The second-order valence-corrected chi connectivity index (χ2v) is 8.74. The molecule has 1 aliphatic heterocycles. The van der Waals surface area contributed by atoms with E-state index in [2.05, 4.69) is 24.9 Å². The van der Waals surface area contributed by atoms with Gasteiger partial charge in [0.25, 0.3) is 10.0 Å². The monoisotopic (exact) mass is 443 g/mol. The number of benzene rings is 2. The van der Waals surface area contributed by atoms with Gasteiger partial charge >= 0.3 is 0 Å². The highest BCUT2D eigenvalue weighted by molar-refractivity contribution is 7.92. The highest BCUT2D eigenvalue weighted by Gasteiger charge is 2.16. The molecule has 3 aromatic rings. The van der Waals surface area contributed by atoms with Crippen LogP contribution in [-0.2, 0) is 14.8 Å². The molecular formula is C21H22FN5O3S. The van der Waals surface area contributed by atoms with Crippen LogP contribution in [0, 0.1) is 12.7 Å². The van der Waals surface area contributed by atoms with Crippen LogP contribution in [0.2, 0.25) is 0 Å². The number of hydrogen-bond acceptors (Lipinski definition) is 7. The summed E-state index contributed by atoms with van der Waals surface area (Å²) in [5.41, 5.74) is 1.89. The maximum atomic E-state index is 13.4. The molecule has 10 heteroatoms. The van der Waals surface area contributed by atoms with E-state index in [0.717, 1.165) is 30.7 Å². The average molecular weight is 444 g/mol. The third-order valence-corrected chi connectivity index (χ3v) is 6.05. The van der Waals surface area contributed by atoms with Gasteiger partial charge in [0.2, 0.25) is 5.95 Å². The first-order chi connectivity index (χ1) is 14.9. The zero-order chi connectivity index (χ0) is 21.8. The van der Waals surface area contributed by atoms with Gasteiger partial charge in [-0.1, -0.05) is 6.07 Å². The molecule has 0 spiro atoms. The fourth-order valence-corrected chi connectivity index (χ4v) is 4.25. The predicted molar refractivity (Wildman–Crippen MR) is 117 cm³/mol. The molecule has 1 fully saturated rings. The first-order valence-corrected chi connectivity index (χ1v) is 11.2. The molecule has 4 rings (SSSR count). The van der Waals surface area contributed by atoms with Gasteiger partial charge in [-0.2, -0.15) is 4.98 Å². The van der Waals surface area contributed by atoms with Crippen LogP contribution < -0.4 is 14.9 Å². The van der Waals surface area contributed by atoms with Gasteiger partial charge in [0, 0.05) is 36.2 Å². The number of aromatic nitrogens is 2. The third-order valence-electron chi connectivity index (χ3n) is 4.68. The second kappa shape index (κ2) is 8.86. The minimum absolute atomic E-state index is 0.140. The molecule has 0 aliphatic carbocycles. The number of aryl methyl sites for hydroxylation is 1. The first kappa shape index (κ1) is 21.0. The fourth-order valence-electron chi connectivity index (χ4n) is 3.16. The summed E-state index contributed by atoms with van der Waals surface area (Å²) in [6.45, 7) is 4.78. The third kappa shape index (κ3) is 5.28. The van der Waals surface area contributed by atoms with Crippen molar-refractivity contribution in [2.45, 2.75) is 11.8 Å². The van der Waals surface area contributed by atoms with E-state index in [9.17, 15) is 12.8 Å². The van der Waals surface area contributed by atoms with Crippen molar-refractivity contribution < 1.29 is 17.5 Å². The number of morpholine rings is 1. The van der Waals surface area contributed by atoms with Crippen LogP contribution in [-0.4, -0.2) is 44.7 Å². The topological polar surface area (TPSA) is 96.5 Å². The number of halogens is 1. The minimum Gasteiger partial charge on any atom is -0.378 e. The first-order valence-electron chi connectivity index (χ1n) is 9.73. The molecule has 0 radical (unpaired) electrons. The molecule has 0 unspecified atom stereocenters. The summed E-state index contributed by atoms with van der Waals surface area (Å²) in [5, 5.41) is 3.15. The smallest absolute Gasteiger partial charge is 0.261 e. The van der Waals surface area contributed by atoms with Gasteiger partial charge in [-0.25, -0.2) is 17.8 Å².